The van der Waals surface area contributed by atoms with E-state index in [2.05, 4.69) is 10.4 Å². The van der Waals surface area contributed by atoms with E-state index in [-0.39, 0.29) is 11.5 Å². The normalized spacial score (nSPS) is 12.2. The summed E-state index contributed by atoms with van der Waals surface area (Å²) >= 11 is 0. The highest BCUT2D eigenvalue weighted by Crippen LogP contribution is 2.29. The van der Waals surface area contributed by atoms with Crippen molar-refractivity contribution >= 4 is 27.7 Å². The van der Waals surface area contributed by atoms with Crippen LogP contribution in [0, 0.1) is 0 Å². The number of nitrogens with one attached hydrogen (secondary N) is 1. The Balaban J connectivity index is 1.69. The Hall–Kier alpha value is -3.61. The number of hydrogen-bond acceptors (Lipinski definition) is 4. The summed E-state index contributed by atoms with van der Waals surface area (Å²) in [5, 5.41) is 8.76. The number of carbonyl (C=O) groups excluding carboxylic acids is 1. The van der Waals surface area contributed by atoms with Gasteiger partial charge in [0.15, 0.2) is 0 Å². The van der Waals surface area contributed by atoms with Gasteiger partial charge in [-0.25, -0.2) is 4.68 Å². The third kappa shape index (κ3) is 3.24. The van der Waals surface area contributed by atoms with Crippen LogP contribution in [-0.2, 0) is 18.4 Å². The number of aromatic nitrogens is 3. The van der Waals surface area contributed by atoms with Crippen molar-refractivity contribution in [3.8, 4) is 5.75 Å². The number of aryl methyl sites for hydroxylation is 1. The zero-order valence-corrected chi connectivity index (χ0v) is 16.5. The number of methoxy groups -OCH3 is 1. The molecule has 0 unspecified atom stereocenters. The third-order valence-corrected chi connectivity index (χ3v) is 5.20. The molecular formula is C22H22N4O3. The van der Waals surface area contributed by atoms with E-state index in [1.165, 1.54) is 4.68 Å². The van der Waals surface area contributed by atoms with E-state index in [1.54, 1.807) is 31.8 Å². The average Bonchev–Trinajstić information content (AvgIpc) is 3.09. The lowest BCUT2D eigenvalue weighted by molar-refractivity contribution is -0.123. The van der Waals surface area contributed by atoms with E-state index in [4.69, 9.17) is 4.74 Å². The molecule has 1 atom stereocenters. The number of nitrogens with zero attached hydrogens (tertiary/aromatic N) is 3. The molecule has 0 bridgehead atoms. The summed E-state index contributed by atoms with van der Waals surface area (Å²) in [5.74, 6) is 0.602. The zero-order valence-electron chi connectivity index (χ0n) is 16.5. The highest BCUT2D eigenvalue weighted by Gasteiger charge is 2.23. The zero-order chi connectivity index (χ0) is 20.5. The maximum Gasteiger partial charge on any atom is 0.291 e. The van der Waals surface area contributed by atoms with Gasteiger partial charge in [0.1, 0.15) is 17.3 Å². The van der Waals surface area contributed by atoms with Gasteiger partial charge in [-0.2, -0.15) is 5.10 Å². The molecule has 1 N–H and O–H groups in total. The van der Waals surface area contributed by atoms with Gasteiger partial charge in [0.25, 0.3) is 5.56 Å². The molecule has 0 aliphatic heterocycles. The van der Waals surface area contributed by atoms with Gasteiger partial charge in [-0.15, -0.1) is 0 Å². The van der Waals surface area contributed by atoms with E-state index >= 15 is 0 Å². The quantitative estimate of drug-likeness (QED) is 0.568. The second-order valence-corrected chi connectivity index (χ2v) is 6.96. The van der Waals surface area contributed by atoms with Crippen LogP contribution in [0.3, 0.4) is 0 Å². The number of ether oxygens (including phenoxy) is 1. The van der Waals surface area contributed by atoms with Crippen molar-refractivity contribution < 1.29 is 9.53 Å². The van der Waals surface area contributed by atoms with E-state index in [9.17, 15) is 9.59 Å². The van der Waals surface area contributed by atoms with Crippen molar-refractivity contribution in [2.45, 2.75) is 19.5 Å². The lowest BCUT2D eigenvalue weighted by Crippen LogP contribution is -2.32. The molecule has 0 fully saturated rings. The van der Waals surface area contributed by atoms with Crippen LogP contribution in [0.1, 0.15) is 18.5 Å². The molecule has 0 aliphatic carbocycles. The predicted molar refractivity (Wildman–Crippen MR) is 112 cm³/mol. The molecule has 1 amide bonds. The highest BCUT2D eigenvalue weighted by molar-refractivity contribution is 6.08. The van der Waals surface area contributed by atoms with Crippen LogP contribution in [0.2, 0.25) is 0 Å². The predicted octanol–water partition coefficient (Wildman–Crippen LogP) is 2.77. The summed E-state index contributed by atoms with van der Waals surface area (Å²) in [4.78, 5) is 25.8. The van der Waals surface area contributed by atoms with E-state index in [1.807, 2.05) is 48.5 Å². The van der Waals surface area contributed by atoms with Crippen molar-refractivity contribution in [2.75, 3.05) is 7.11 Å². The van der Waals surface area contributed by atoms with E-state index in [0.717, 1.165) is 27.6 Å². The maximum absolute atomic E-state index is 12.9. The van der Waals surface area contributed by atoms with Crippen molar-refractivity contribution in [3.05, 3.63) is 70.6 Å². The lowest BCUT2D eigenvalue weighted by Gasteiger charge is -2.17. The molecule has 0 saturated carbocycles. The van der Waals surface area contributed by atoms with Crippen LogP contribution in [0.5, 0.6) is 5.75 Å². The summed E-state index contributed by atoms with van der Waals surface area (Å²) < 4.78 is 8.25. The number of para-hydroxylation sites is 1. The molecule has 2 aromatic carbocycles. The Morgan fingerprint density at radius 3 is 2.59 bits per heavy atom. The number of hydrogen-bond donors (Lipinski definition) is 1. The molecular weight excluding hydrogens is 368 g/mol. The molecule has 7 heteroatoms. The number of benzene rings is 2. The lowest BCUT2D eigenvalue weighted by atomic mass is 10.2. The average molecular weight is 390 g/mol. The molecule has 4 aromatic rings. The second-order valence-electron chi connectivity index (χ2n) is 6.96. The molecule has 0 radical (unpaired) electrons. The SMILES string of the molecule is COc1ccc(CNC(=O)[C@@H](C)n2c3ccccc3c3cnn(C)c(=O)c32)cc1. The fraction of sp³-hybridized carbons (Fsp3) is 0.227. The fourth-order valence-corrected chi connectivity index (χ4v) is 3.59. The van der Waals surface area contributed by atoms with Crippen LogP contribution in [0.15, 0.2) is 59.5 Å². The molecule has 2 heterocycles. The minimum absolute atomic E-state index is 0.165. The standard InChI is InChI=1S/C22H22N4O3/c1-14(21(27)23-12-15-8-10-16(29-3)11-9-15)26-19-7-5-4-6-17(19)18-13-24-25(2)22(28)20(18)26/h4-11,13-14H,12H2,1-3H3,(H,23,27)/t14-/m1/s1. The Morgan fingerprint density at radius 2 is 1.86 bits per heavy atom. The first-order valence-corrected chi connectivity index (χ1v) is 9.37. The first kappa shape index (κ1) is 18.7. The number of fused-ring (bicyclic) bond motifs is 3. The van der Waals surface area contributed by atoms with Gasteiger partial charge in [-0.1, -0.05) is 30.3 Å². The van der Waals surface area contributed by atoms with Crippen LogP contribution in [0.4, 0.5) is 0 Å². The van der Waals surface area contributed by atoms with Crippen molar-refractivity contribution in [1.29, 1.82) is 0 Å². The minimum atomic E-state index is -0.564. The van der Waals surface area contributed by atoms with E-state index in [0.29, 0.717) is 12.1 Å². The van der Waals surface area contributed by atoms with Gasteiger partial charge in [0, 0.05) is 24.4 Å². The molecule has 0 saturated heterocycles. The van der Waals surface area contributed by atoms with Gasteiger partial charge >= 0.3 is 0 Å². The number of amides is 1. The monoisotopic (exact) mass is 390 g/mol. The van der Waals surface area contributed by atoms with Gasteiger partial charge < -0.3 is 14.6 Å². The van der Waals surface area contributed by atoms with Gasteiger partial charge in [-0.05, 0) is 30.7 Å². The van der Waals surface area contributed by atoms with Gasteiger partial charge in [0.2, 0.25) is 5.91 Å². The van der Waals surface area contributed by atoms with Crippen molar-refractivity contribution in [2.24, 2.45) is 7.05 Å². The Morgan fingerprint density at radius 1 is 1.14 bits per heavy atom. The first-order valence-electron chi connectivity index (χ1n) is 9.37. The molecule has 29 heavy (non-hydrogen) atoms. The molecule has 2 aromatic heterocycles. The molecule has 148 valence electrons. The summed E-state index contributed by atoms with van der Waals surface area (Å²) in [6.45, 7) is 2.19. The molecule has 0 spiro atoms. The smallest absolute Gasteiger partial charge is 0.291 e. The Bertz CT molecular complexity index is 1260. The Labute approximate surface area is 167 Å². The van der Waals surface area contributed by atoms with Crippen molar-refractivity contribution in [1.82, 2.24) is 19.7 Å². The highest BCUT2D eigenvalue weighted by atomic mass is 16.5. The number of rotatable bonds is 5. The third-order valence-electron chi connectivity index (χ3n) is 5.20. The molecule has 4 rings (SSSR count). The summed E-state index contributed by atoms with van der Waals surface area (Å²) in [6, 6.07) is 14.6. The van der Waals surface area contributed by atoms with Crippen LogP contribution < -0.4 is 15.6 Å². The van der Waals surface area contributed by atoms with Crippen LogP contribution >= 0.6 is 0 Å². The molecule has 0 aliphatic rings. The maximum atomic E-state index is 12.9. The minimum Gasteiger partial charge on any atom is -0.497 e. The van der Waals surface area contributed by atoms with Crippen LogP contribution in [0.25, 0.3) is 21.8 Å². The molecule has 7 nitrogen and oxygen atoms in total. The fourth-order valence-electron chi connectivity index (χ4n) is 3.59. The summed E-state index contributed by atoms with van der Waals surface area (Å²) in [7, 11) is 3.22. The summed E-state index contributed by atoms with van der Waals surface area (Å²) in [5.41, 5.74) is 2.05. The number of carbonyl (C=O) groups is 1. The van der Waals surface area contributed by atoms with Crippen LogP contribution in [-0.4, -0.2) is 27.4 Å². The Kier molecular flexibility index (Phi) is 4.80. The van der Waals surface area contributed by atoms with Crippen molar-refractivity contribution in [3.63, 3.8) is 0 Å². The summed E-state index contributed by atoms with van der Waals surface area (Å²) in [6.07, 6.45) is 1.68. The van der Waals surface area contributed by atoms with Gasteiger partial charge in [-0.3, -0.25) is 9.59 Å². The van der Waals surface area contributed by atoms with Gasteiger partial charge in [0.05, 0.1) is 18.8 Å². The second kappa shape index (κ2) is 7.43. The van der Waals surface area contributed by atoms with E-state index < -0.39 is 6.04 Å². The topological polar surface area (TPSA) is 78.2 Å². The largest absolute Gasteiger partial charge is 0.497 e. The first-order chi connectivity index (χ1) is 14.0.